The molecule has 1 heterocycles. The highest BCUT2D eigenvalue weighted by molar-refractivity contribution is 9.10. The van der Waals surface area contributed by atoms with Gasteiger partial charge in [-0.1, -0.05) is 40.2 Å². The van der Waals surface area contributed by atoms with Crippen LogP contribution in [0.5, 0.6) is 0 Å². The van der Waals surface area contributed by atoms with Crippen molar-refractivity contribution in [3.8, 4) is 0 Å². The van der Waals surface area contributed by atoms with Crippen LogP contribution in [-0.2, 0) is 7.05 Å². The number of aromatic nitrogens is 1. The Balaban J connectivity index is 2.71. The van der Waals surface area contributed by atoms with Crippen molar-refractivity contribution in [3.63, 3.8) is 0 Å². The minimum absolute atomic E-state index is 0.551. The zero-order chi connectivity index (χ0) is 12.0. The Morgan fingerprint density at radius 3 is 2.47 bits per heavy atom. The number of benzene rings is 2. The lowest BCUT2D eigenvalue weighted by Crippen LogP contribution is -2.17. The molecular formula is C14H11BrN2. The van der Waals surface area contributed by atoms with E-state index >= 15 is 0 Å². The fourth-order valence-corrected chi connectivity index (χ4v) is 2.60. The number of hydrogen-bond acceptors (Lipinski definition) is 1. The normalized spacial score (nSPS) is 11.2. The van der Waals surface area contributed by atoms with Crippen LogP contribution in [0.2, 0.25) is 0 Å². The molecule has 0 saturated heterocycles. The van der Waals surface area contributed by atoms with Gasteiger partial charge in [0.25, 0.3) is 0 Å². The molecule has 3 heteroatoms. The van der Waals surface area contributed by atoms with E-state index in [0.717, 1.165) is 20.8 Å². The summed E-state index contributed by atoms with van der Waals surface area (Å²) in [6, 6.07) is 14.2. The van der Waals surface area contributed by atoms with E-state index < -0.39 is 0 Å². The molecule has 2 aromatic carbocycles. The highest BCUT2D eigenvalue weighted by Crippen LogP contribution is 2.25. The van der Waals surface area contributed by atoms with Crippen molar-refractivity contribution in [2.24, 2.45) is 7.05 Å². The minimum atomic E-state index is 0.551. The fourth-order valence-electron chi connectivity index (χ4n) is 2.24. The second-order valence-corrected chi connectivity index (χ2v) is 5.03. The van der Waals surface area contributed by atoms with Gasteiger partial charge in [0.15, 0.2) is 0 Å². The van der Waals surface area contributed by atoms with Crippen LogP contribution in [0.15, 0.2) is 46.9 Å². The van der Waals surface area contributed by atoms with Crippen molar-refractivity contribution in [1.82, 2.24) is 4.57 Å². The third-order valence-electron chi connectivity index (χ3n) is 3.13. The monoisotopic (exact) mass is 286 g/mol. The number of fused-ring (bicyclic) bond motifs is 3. The van der Waals surface area contributed by atoms with Gasteiger partial charge in [-0.2, -0.15) is 0 Å². The number of nitrogens with one attached hydrogen (secondary N) is 1. The zero-order valence-corrected chi connectivity index (χ0v) is 11.0. The molecule has 0 radical (unpaired) electrons. The van der Waals surface area contributed by atoms with Crippen LogP contribution in [0.3, 0.4) is 0 Å². The second kappa shape index (κ2) is 3.70. The minimum Gasteiger partial charge on any atom is -0.329 e. The topological polar surface area (TPSA) is 28.8 Å². The fraction of sp³-hybridized carbons (Fsp3) is 0.0714. The molecule has 1 aromatic heterocycles. The molecule has 0 aliphatic heterocycles. The lowest BCUT2D eigenvalue weighted by molar-refractivity contribution is 0.870. The first-order valence-electron chi connectivity index (χ1n) is 5.40. The van der Waals surface area contributed by atoms with E-state index in [0.29, 0.717) is 5.49 Å². The van der Waals surface area contributed by atoms with Crippen LogP contribution in [0.1, 0.15) is 0 Å². The third kappa shape index (κ3) is 1.50. The summed E-state index contributed by atoms with van der Waals surface area (Å²) in [4.78, 5) is 0. The van der Waals surface area contributed by atoms with E-state index in [-0.39, 0.29) is 0 Å². The van der Waals surface area contributed by atoms with Crippen molar-refractivity contribution >= 4 is 37.6 Å². The molecule has 0 amide bonds. The number of rotatable bonds is 0. The Labute approximate surface area is 107 Å². The summed E-state index contributed by atoms with van der Waals surface area (Å²) in [5.74, 6) is 0. The lowest BCUT2D eigenvalue weighted by Gasteiger charge is -2.10. The van der Waals surface area contributed by atoms with Gasteiger partial charge in [-0.15, -0.1) is 0 Å². The van der Waals surface area contributed by atoms with E-state index in [1.54, 1.807) is 0 Å². The highest BCUT2D eigenvalue weighted by Gasteiger charge is 2.05. The second-order valence-electron chi connectivity index (χ2n) is 4.11. The van der Waals surface area contributed by atoms with Crippen LogP contribution >= 0.6 is 15.9 Å². The standard InChI is InChI=1S/C14H11BrN2/c1-17-13-7-6-9(15)8-12(13)10-4-2-3-5-11(10)14(17)16/h2-8,16H,1H3. The molecule has 0 atom stereocenters. The zero-order valence-electron chi connectivity index (χ0n) is 9.37. The Morgan fingerprint density at radius 1 is 1.00 bits per heavy atom. The van der Waals surface area contributed by atoms with Crippen molar-refractivity contribution in [1.29, 1.82) is 5.41 Å². The Morgan fingerprint density at radius 2 is 1.71 bits per heavy atom. The predicted octanol–water partition coefficient (Wildman–Crippen LogP) is 3.57. The largest absolute Gasteiger partial charge is 0.329 e. The van der Waals surface area contributed by atoms with Crippen LogP contribution in [0.4, 0.5) is 0 Å². The molecule has 84 valence electrons. The summed E-state index contributed by atoms with van der Waals surface area (Å²) in [5, 5.41) is 11.5. The Bertz CT molecular complexity index is 787. The summed E-state index contributed by atoms with van der Waals surface area (Å²) in [6.45, 7) is 0. The molecular weight excluding hydrogens is 276 g/mol. The van der Waals surface area contributed by atoms with Crippen LogP contribution < -0.4 is 5.49 Å². The van der Waals surface area contributed by atoms with Gasteiger partial charge in [0.05, 0.1) is 5.52 Å². The summed E-state index contributed by atoms with van der Waals surface area (Å²) >= 11 is 3.51. The van der Waals surface area contributed by atoms with E-state index in [2.05, 4.69) is 28.1 Å². The van der Waals surface area contributed by atoms with Gasteiger partial charge in [-0.05, 0) is 23.6 Å². The van der Waals surface area contributed by atoms with Crippen LogP contribution in [-0.4, -0.2) is 4.57 Å². The van der Waals surface area contributed by atoms with Gasteiger partial charge >= 0.3 is 0 Å². The molecule has 0 bridgehead atoms. The van der Waals surface area contributed by atoms with Gasteiger partial charge in [0.1, 0.15) is 5.49 Å². The average molecular weight is 287 g/mol. The average Bonchev–Trinajstić information content (AvgIpc) is 2.36. The molecule has 0 spiro atoms. The maximum absolute atomic E-state index is 8.18. The molecule has 2 nitrogen and oxygen atoms in total. The third-order valence-corrected chi connectivity index (χ3v) is 3.62. The Kier molecular flexibility index (Phi) is 2.30. The lowest BCUT2D eigenvalue weighted by atomic mass is 10.1. The van der Waals surface area contributed by atoms with Crippen molar-refractivity contribution < 1.29 is 0 Å². The quantitative estimate of drug-likeness (QED) is 0.612. The summed E-state index contributed by atoms with van der Waals surface area (Å²) in [6.07, 6.45) is 0. The molecule has 17 heavy (non-hydrogen) atoms. The van der Waals surface area contributed by atoms with Crippen molar-refractivity contribution in [2.45, 2.75) is 0 Å². The number of aryl methyl sites for hydroxylation is 1. The van der Waals surface area contributed by atoms with E-state index in [4.69, 9.17) is 5.41 Å². The van der Waals surface area contributed by atoms with Gasteiger partial charge in [0, 0.05) is 22.3 Å². The molecule has 0 saturated carbocycles. The smallest absolute Gasteiger partial charge is 0.132 e. The van der Waals surface area contributed by atoms with E-state index in [1.165, 1.54) is 5.39 Å². The number of nitrogens with zero attached hydrogens (tertiary/aromatic N) is 1. The predicted molar refractivity (Wildman–Crippen MR) is 74.0 cm³/mol. The molecule has 1 N–H and O–H groups in total. The van der Waals surface area contributed by atoms with Crippen LogP contribution in [0, 0.1) is 5.41 Å². The molecule has 3 aromatic rings. The Hall–Kier alpha value is -1.61. The first-order chi connectivity index (χ1) is 8.18. The first kappa shape index (κ1) is 10.5. The van der Waals surface area contributed by atoms with E-state index in [1.807, 2.05) is 41.9 Å². The number of hydrogen-bond donors (Lipinski definition) is 1. The van der Waals surface area contributed by atoms with Gasteiger partial charge < -0.3 is 4.57 Å². The summed E-state index contributed by atoms with van der Waals surface area (Å²) < 4.78 is 2.98. The molecule has 0 fully saturated rings. The van der Waals surface area contributed by atoms with Gasteiger partial charge in [0.2, 0.25) is 0 Å². The molecule has 3 rings (SSSR count). The molecule has 0 aliphatic carbocycles. The summed E-state index contributed by atoms with van der Waals surface area (Å²) in [7, 11) is 1.94. The summed E-state index contributed by atoms with van der Waals surface area (Å²) in [5.41, 5.74) is 1.63. The maximum atomic E-state index is 8.18. The van der Waals surface area contributed by atoms with Gasteiger partial charge in [-0.3, -0.25) is 5.41 Å². The highest BCUT2D eigenvalue weighted by atomic mass is 79.9. The number of pyridine rings is 1. The first-order valence-corrected chi connectivity index (χ1v) is 6.19. The van der Waals surface area contributed by atoms with Crippen LogP contribution in [0.25, 0.3) is 21.7 Å². The maximum Gasteiger partial charge on any atom is 0.132 e. The van der Waals surface area contributed by atoms with Crippen molar-refractivity contribution in [3.05, 3.63) is 52.4 Å². The van der Waals surface area contributed by atoms with E-state index in [9.17, 15) is 0 Å². The number of halogens is 1. The molecule has 0 unspecified atom stereocenters. The van der Waals surface area contributed by atoms with Gasteiger partial charge in [-0.25, -0.2) is 0 Å². The molecule has 0 aliphatic rings. The SMILES string of the molecule is Cn1c(=N)c2ccccc2c2cc(Br)ccc21. The van der Waals surface area contributed by atoms with Crippen molar-refractivity contribution in [2.75, 3.05) is 0 Å².